The Balaban J connectivity index is 1.93. The second kappa shape index (κ2) is 7.37. The van der Waals surface area contributed by atoms with E-state index in [1.165, 1.54) is 0 Å². The average Bonchev–Trinajstić information content (AvgIpc) is 3.02. The third-order valence-corrected chi connectivity index (χ3v) is 4.28. The molecule has 2 aromatic heterocycles. The van der Waals surface area contributed by atoms with Crippen molar-refractivity contribution in [2.45, 2.75) is 6.92 Å². The number of fused-ring (bicyclic) bond motifs is 1. The first-order chi connectivity index (χ1) is 11.3. The number of ether oxygens (including phenoxy) is 2. The molecule has 0 unspecified atom stereocenters. The highest BCUT2D eigenvalue weighted by Gasteiger charge is 2.12. The molecular formula is C17H19N3O2S. The van der Waals surface area contributed by atoms with Gasteiger partial charge in [0.25, 0.3) is 0 Å². The highest BCUT2D eigenvalue weighted by atomic mass is 32.2. The standard InChI is InChI=1S/C17H19N3O2S/c1-3-23-9-8-22-16-10-12(21-2)4-5-13(16)17-19-14-6-7-18-11-15(14)20-17/h4-7,10-11H,3,8-9H2,1-2H3,(H,19,20). The van der Waals surface area contributed by atoms with Crippen LogP contribution in [0.4, 0.5) is 0 Å². The zero-order valence-corrected chi connectivity index (χ0v) is 14.0. The molecule has 0 bridgehead atoms. The lowest BCUT2D eigenvalue weighted by Gasteiger charge is -2.11. The Morgan fingerprint density at radius 2 is 2.17 bits per heavy atom. The van der Waals surface area contributed by atoms with E-state index >= 15 is 0 Å². The second-order valence-electron chi connectivity index (χ2n) is 4.89. The van der Waals surface area contributed by atoms with Gasteiger partial charge in [-0.25, -0.2) is 4.98 Å². The van der Waals surface area contributed by atoms with E-state index in [1.807, 2.05) is 36.0 Å². The van der Waals surface area contributed by atoms with Crippen molar-refractivity contribution in [3.8, 4) is 22.9 Å². The summed E-state index contributed by atoms with van der Waals surface area (Å²) in [4.78, 5) is 12.0. The van der Waals surface area contributed by atoms with Gasteiger partial charge in [0.05, 0.1) is 31.0 Å². The molecule has 0 aliphatic heterocycles. The number of methoxy groups -OCH3 is 1. The Morgan fingerprint density at radius 1 is 1.26 bits per heavy atom. The molecule has 0 radical (unpaired) electrons. The number of benzene rings is 1. The summed E-state index contributed by atoms with van der Waals surface area (Å²) < 4.78 is 11.3. The molecule has 23 heavy (non-hydrogen) atoms. The number of H-pyrrole nitrogens is 1. The Morgan fingerprint density at radius 3 is 2.96 bits per heavy atom. The Hall–Kier alpha value is -2.21. The fourth-order valence-corrected chi connectivity index (χ4v) is 2.77. The van der Waals surface area contributed by atoms with Gasteiger partial charge >= 0.3 is 0 Å². The maximum Gasteiger partial charge on any atom is 0.142 e. The number of pyridine rings is 1. The van der Waals surface area contributed by atoms with Crippen molar-refractivity contribution in [2.75, 3.05) is 25.2 Å². The monoisotopic (exact) mass is 329 g/mol. The van der Waals surface area contributed by atoms with Gasteiger partial charge in [-0.3, -0.25) is 4.98 Å². The number of rotatable bonds is 7. The minimum Gasteiger partial charge on any atom is -0.497 e. The lowest BCUT2D eigenvalue weighted by Crippen LogP contribution is -2.02. The molecule has 0 atom stereocenters. The number of nitrogens with zero attached hydrogens (tertiary/aromatic N) is 2. The number of hydrogen-bond donors (Lipinski definition) is 1. The van der Waals surface area contributed by atoms with Gasteiger partial charge in [0.1, 0.15) is 22.8 Å². The van der Waals surface area contributed by atoms with Crippen molar-refractivity contribution < 1.29 is 9.47 Å². The molecule has 0 saturated carbocycles. The molecule has 3 aromatic rings. The van der Waals surface area contributed by atoms with Gasteiger partial charge < -0.3 is 14.5 Å². The summed E-state index contributed by atoms with van der Waals surface area (Å²) in [6.45, 7) is 2.80. The lowest BCUT2D eigenvalue weighted by molar-refractivity contribution is 0.341. The highest BCUT2D eigenvalue weighted by Crippen LogP contribution is 2.33. The summed E-state index contributed by atoms with van der Waals surface area (Å²) in [5.41, 5.74) is 2.72. The van der Waals surface area contributed by atoms with Crippen LogP contribution >= 0.6 is 11.8 Å². The normalized spacial score (nSPS) is 10.9. The Bertz CT molecular complexity index is 755. The van der Waals surface area contributed by atoms with Crippen molar-refractivity contribution >= 4 is 22.8 Å². The fraction of sp³-hybridized carbons (Fsp3) is 0.294. The zero-order valence-electron chi connectivity index (χ0n) is 13.2. The summed E-state index contributed by atoms with van der Waals surface area (Å²) in [6, 6.07) is 7.69. The molecule has 0 spiro atoms. The smallest absolute Gasteiger partial charge is 0.142 e. The summed E-state index contributed by atoms with van der Waals surface area (Å²) in [5.74, 6) is 4.36. The number of hydrogen-bond acceptors (Lipinski definition) is 5. The third-order valence-electron chi connectivity index (χ3n) is 3.42. The number of thioether (sulfide) groups is 1. The number of aromatic nitrogens is 3. The zero-order chi connectivity index (χ0) is 16.1. The van der Waals surface area contributed by atoms with Crippen molar-refractivity contribution in [2.24, 2.45) is 0 Å². The van der Waals surface area contributed by atoms with E-state index < -0.39 is 0 Å². The summed E-state index contributed by atoms with van der Waals surface area (Å²) >= 11 is 1.85. The van der Waals surface area contributed by atoms with Crippen molar-refractivity contribution in [1.29, 1.82) is 0 Å². The summed E-state index contributed by atoms with van der Waals surface area (Å²) in [5, 5.41) is 0. The quantitative estimate of drug-likeness (QED) is 0.669. The summed E-state index contributed by atoms with van der Waals surface area (Å²) in [7, 11) is 1.65. The minimum absolute atomic E-state index is 0.653. The van der Waals surface area contributed by atoms with E-state index in [4.69, 9.17) is 9.47 Å². The van der Waals surface area contributed by atoms with Gasteiger partial charge in [0, 0.05) is 18.0 Å². The first-order valence-corrected chi connectivity index (χ1v) is 8.66. The van der Waals surface area contributed by atoms with E-state index in [2.05, 4.69) is 21.9 Å². The van der Waals surface area contributed by atoms with Crippen LogP contribution in [0.2, 0.25) is 0 Å². The SMILES string of the molecule is CCSCCOc1cc(OC)ccc1-c1nc2cnccc2[nH]1. The van der Waals surface area contributed by atoms with Gasteiger partial charge in [0.2, 0.25) is 0 Å². The number of nitrogens with one attached hydrogen (secondary N) is 1. The van der Waals surface area contributed by atoms with Crippen molar-refractivity contribution in [3.05, 3.63) is 36.7 Å². The van der Waals surface area contributed by atoms with Gasteiger partial charge in [-0.15, -0.1) is 0 Å². The molecule has 6 heteroatoms. The predicted molar refractivity (Wildman–Crippen MR) is 94.4 cm³/mol. The predicted octanol–water partition coefficient (Wildman–Crippen LogP) is 3.77. The first kappa shape index (κ1) is 15.7. The van der Waals surface area contributed by atoms with E-state index in [-0.39, 0.29) is 0 Å². The fourth-order valence-electron chi connectivity index (χ4n) is 2.28. The number of aromatic amines is 1. The highest BCUT2D eigenvalue weighted by molar-refractivity contribution is 7.99. The average molecular weight is 329 g/mol. The molecule has 0 amide bonds. The Kier molecular flexibility index (Phi) is 5.02. The molecule has 0 aliphatic carbocycles. The van der Waals surface area contributed by atoms with Crippen LogP contribution in [0, 0.1) is 0 Å². The third kappa shape index (κ3) is 3.59. The molecular weight excluding hydrogens is 310 g/mol. The second-order valence-corrected chi connectivity index (χ2v) is 6.28. The van der Waals surface area contributed by atoms with Gasteiger partial charge in [0.15, 0.2) is 0 Å². The van der Waals surface area contributed by atoms with Crippen LogP contribution in [0.1, 0.15) is 6.92 Å². The van der Waals surface area contributed by atoms with Crippen LogP contribution in [-0.4, -0.2) is 40.2 Å². The van der Waals surface area contributed by atoms with E-state index in [0.717, 1.165) is 45.4 Å². The van der Waals surface area contributed by atoms with Gasteiger partial charge in [-0.2, -0.15) is 11.8 Å². The maximum absolute atomic E-state index is 5.96. The van der Waals surface area contributed by atoms with Crippen LogP contribution in [0.5, 0.6) is 11.5 Å². The minimum atomic E-state index is 0.653. The van der Waals surface area contributed by atoms with Crippen LogP contribution < -0.4 is 9.47 Å². The molecule has 5 nitrogen and oxygen atoms in total. The van der Waals surface area contributed by atoms with Gasteiger partial charge in [-0.05, 0) is 24.0 Å². The summed E-state index contributed by atoms with van der Waals surface area (Å²) in [6.07, 6.45) is 3.50. The van der Waals surface area contributed by atoms with E-state index in [0.29, 0.717) is 6.61 Å². The molecule has 0 aliphatic rings. The van der Waals surface area contributed by atoms with Crippen LogP contribution in [-0.2, 0) is 0 Å². The lowest BCUT2D eigenvalue weighted by atomic mass is 10.2. The Labute approximate surface area is 139 Å². The first-order valence-electron chi connectivity index (χ1n) is 7.50. The van der Waals surface area contributed by atoms with E-state index in [9.17, 15) is 0 Å². The number of imidazole rings is 1. The molecule has 0 saturated heterocycles. The molecule has 0 fully saturated rings. The molecule has 2 heterocycles. The van der Waals surface area contributed by atoms with Crippen LogP contribution in [0.15, 0.2) is 36.7 Å². The van der Waals surface area contributed by atoms with Crippen molar-refractivity contribution in [1.82, 2.24) is 15.0 Å². The molecule has 120 valence electrons. The molecule has 1 aromatic carbocycles. The van der Waals surface area contributed by atoms with Crippen LogP contribution in [0.25, 0.3) is 22.4 Å². The van der Waals surface area contributed by atoms with Crippen molar-refractivity contribution in [3.63, 3.8) is 0 Å². The molecule has 1 N–H and O–H groups in total. The van der Waals surface area contributed by atoms with Crippen LogP contribution in [0.3, 0.4) is 0 Å². The molecule has 3 rings (SSSR count). The largest absolute Gasteiger partial charge is 0.497 e. The van der Waals surface area contributed by atoms with Gasteiger partial charge in [-0.1, -0.05) is 6.92 Å². The topological polar surface area (TPSA) is 60.0 Å². The maximum atomic E-state index is 5.96. The van der Waals surface area contributed by atoms with E-state index in [1.54, 1.807) is 19.5 Å².